The molecule has 2 rings (SSSR count). The molecule has 10 heteroatoms. The second-order valence-corrected chi connectivity index (χ2v) is 4.94. The SMILES string of the molecule is Cc1nnc(NS(=O)(=O)c2cnc(Cl)nc2)o1. The number of hydrogen-bond acceptors (Lipinski definition) is 7. The number of rotatable bonds is 3. The van der Waals surface area contributed by atoms with Gasteiger partial charge in [-0.15, -0.1) is 5.10 Å². The molecule has 0 radical (unpaired) electrons. The van der Waals surface area contributed by atoms with Gasteiger partial charge in [0.1, 0.15) is 4.90 Å². The lowest BCUT2D eigenvalue weighted by Crippen LogP contribution is -2.13. The Kier molecular flexibility index (Phi) is 2.94. The maximum atomic E-state index is 11.8. The zero-order chi connectivity index (χ0) is 12.5. The topological polar surface area (TPSA) is 111 Å². The number of nitrogens with zero attached hydrogens (tertiary/aromatic N) is 4. The molecule has 0 fully saturated rings. The van der Waals surface area contributed by atoms with Crippen LogP contribution in [0, 0.1) is 6.92 Å². The van der Waals surface area contributed by atoms with E-state index in [1.807, 2.05) is 0 Å². The highest BCUT2D eigenvalue weighted by molar-refractivity contribution is 7.92. The molecule has 0 amide bonds. The van der Waals surface area contributed by atoms with Crippen LogP contribution in [0.1, 0.15) is 5.89 Å². The van der Waals surface area contributed by atoms with Crippen LogP contribution in [0.5, 0.6) is 0 Å². The van der Waals surface area contributed by atoms with E-state index in [0.29, 0.717) is 0 Å². The predicted octanol–water partition coefficient (Wildman–Crippen LogP) is 0.622. The Balaban J connectivity index is 2.28. The van der Waals surface area contributed by atoms with Crippen molar-refractivity contribution in [1.29, 1.82) is 0 Å². The Morgan fingerprint density at radius 1 is 1.29 bits per heavy atom. The van der Waals surface area contributed by atoms with Gasteiger partial charge in [0.2, 0.25) is 11.2 Å². The first kappa shape index (κ1) is 11.7. The van der Waals surface area contributed by atoms with Crippen molar-refractivity contribution in [2.45, 2.75) is 11.8 Å². The first-order valence-corrected chi connectivity index (χ1v) is 6.14. The molecule has 0 aromatic carbocycles. The minimum atomic E-state index is -3.85. The van der Waals surface area contributed by atoms with Crippen LogP contribution in [0.15, 0.2) is 21.7 Å². The van der Waals surface area contributed by atoms with E-state index in [4.69, 9.17) is 16.0 Å². The van der Waals surface area contributed by atoms with E-state index in [1.54, 1.807) is 0 Å². The summed E-state index contributed by atoms with van der Waals surface area (Å²) in [6.07, 6.45) is 2.14. The molecule has 2 aromatic rings. The summed E-state index contributed by atoms with van der Waals surface area (Å²) >= 11 is 5.45. The van der Waals surface area contributed by atoms with Crippen LogP contribution >= 0.6 is 11.6 Å². The summed E-state index contributed by atoms with van der Waals surface area (Å²) in [7, 11) is -3.85. The van der Waals surface area contributed by atoms with Gasteiger partial charge < -0.3 is 4.42 Å². The molecular weight excluding hydrogens is 270 g/mol. The van der Waals surface area contributed by atoms with Crippen molar-refractivity contribution in [1.82, 2.24) is 20.2 Å². The van der Waals surface area contributed by atoms with Gasteiger partial charge in [0.15, 0.2) is 0 Å². The second-order valence-electron chi connectivity index (χ2n) is 2.92. The van der Waals surface area contributed by atoms with Crippen LogP contribution in [0.25, 0.3) is 0 Å². The molecule has 0 aliphatic rings. The summed E-state index contributed by atoms with van der Waals surface area (Å²) in [5, 5.41) is 6.94. The minimum absolute atomic E-state index is 0.0439. The molecule has 0 saturated heterocycles. The highest BCUT2D eigenvalue weighted by Gasteiger charge is 2.18. The zero-order valence-corrected chi connectivity index (χ0v) is 10.0. The highest BCUT2D eigenvalue weighted by Crippen LogP contribution is 2.13. The Morgan fingerprint density at radius 3 is 2.47 bits per heavy atom. The average molecular weight is 276 g/mol. The van der Waals surface area contributed by atoms with Gasteiger partial charge in [0, 0.05) is 6.92 Å². The highest BCUT2D eigenvalue weighted by atomic mass is 35.5. The van der Waals surface area contributed by atoms with Crippen molar-refractivity contribution >= 4 is 27.6 Å². The van der Waals surface area contributed by atoms with E-state index in [1.165, 1.54) is 6.92 Å². The van der Waals surface area contributed by atoms with Crippen LogP contribution < -0.4 is 4.72 Å². The summed E-state index contributed by atoms with van der Waals surface area (Å²) in [4.78, 5) is 6.97. The quantitative estimate of drug-likeness (QED) is 0.817. The first-order valence-electron chi connectivity index (χ1n) is 4.28. The van der Waals surface area contributed by atoms with Gasteiger partial charge >= 0.3 is 6.01 Å². The fourth-order valence-electron chi connectivity index (χ4n) is 0.951. The lowest BCUT2D eigenvalue weighted by Gasteiger charge is -2.02. The van der Waals surface area contributed by atoms with Gasteiger partial charge in [-0.1, -0.05) is 5.10 Å². The summed E-state index contributed by atoms with van der Waals surface area (Å²) in [6, 6.07) is -0.225. The maximum absolute atomic E-state index is 11.8. The fraction of sp³-hybridized carbons (Fsp3) is 0.143. The molecule has 90 valence electrons. The summed E-state index contributed by atoms with van der Waals surface area (Å²) in [5.74, 6) is 0.245. The molecular formula is C7H6ClN5O3S. The van der Waals surface area contributed by atoms with E-state index in [0.717, 1.165) is 12.4 Å². The van der Waals surface area contributed by atoms with Crippen LogP contribution in [-0.4, -0.2) is 28.6 Å². The third-order valence-corrected chi connectivity index (χ3v) is 3.12. The monoisotopic (exact) mass is 275 g/mol. The standard InChI is InChI=1S/C7H6ClN5O3S/c1-4-11-12-7(16-4)13-17(14,15)5-2-9-6(8)10-3-5/h2-3H,1H3,(H,12,13). The first-order chi connectivity index (χ1) is 7.97. The van der Waals surface area contributed by atoms with Crippen LogP contribution in [0.2, 0.25) is 5.28 Å². The lowest BCUT2D eigenvalue weighted by molar-refractivity contribution is 0.534. The molecule has 0 spiro atoms. The van der Waals surface area contributed by atoms with E-state index < -0.39 is 10.0 Å². The summed E-state index contributed by atoms with van der Waals surface area (Å²) < 4.78 is 30.5. The van der Waals surface area contributed by atoms with Gasteiger partial charge in [-0.25, -0.2) is 23.1 Å². The molecule has 2 heterocycles. The van der Waals surface area contributed by atoms with E-state index in [2.05, 4.69) is 24.9 Å². The molecule has 1 N–H and O–H groups in total. The van der Waals surface area contributed by atoms with Crippen molar-refractivity contribution < 1.29 is 12.8 Å². The van der Waals surface area contributed by atoms with Crippen LogP contribution in [0.4, 0.5) is 6.01 Å². The van der Waals surface area contributed by atoms with Crippen molar-refractivity contribution in [3.63, 3.8) is 0 Å². The number of anilines is 1. The van der Waals surface area contributed by atoms with Gasteiger partial charge in [0.25, 0.3) is 10.0 Å². The van der Waals surface area contributed by atoms with E-state index in [-0.39, 0.29) is 22.1 Å². The van der Waals surface area contributed by atoms with Gasteiger partial charge in [-0.2, -0.15) is 0 Å². The number of sulfonamides is 1. The van der Waals surface area contributed by atoms with Crippen molar-refractivity contribution in [2.75, 3.05) is 4.72 Å². The largest absolute Gasteiger partial charge is 0.408 e. The number of aryl methyl sites for hydroxylation is 1. The second kappa shape index (κ2) is 4.26. The Bertz CT molecular complexity index is 623. The average Bonchev–Trinajstić information content (AvgIpc) is 2.63. The Morgan fingerprint density at radius 2 is 1.94 bits per heavy atom. The Labute approximate surface area is 101 Å². The number of hydrogen-bond donors (Lipinski definition) is 1. The van der Waals surface area contributed by atoms with E-state index in [9.17, 15) is 8.42 Å². The number of nitrogens with one attached hydrogen (secondary N) is 1. The third-order valence-electron chi connectivity index (χ3n) is 1.65. The molecule has 17 heavy (non-hydrogen) atoms. The maximum Gasteiger partial charge on any atom is 0.329 e. The summed E-state index contributed by atoms with van der Waals surface area (Å²) in [5.41, 5.74) is 0. The molecule has 0 aliphatic carbocycles. The normalized spacial score (nSPS) is 11.4. The van der Waals surface area contributed by atoms with Crippen molar-refractivity contribution in [3.05, 3.63) is 23.6 Å². The zero-order valence-electron chi connectivity index (χ0n) is 8.45. The molecule has 0 atom stereocenters. The number of aromatic nitrogens is 4. The molecule has 8 nitrogen and oxygen atoms in total. The third kappa shape index (κ3) is 2.68. The molecule has 0 saturated carbocycles. The number of halogens is 1. The molecule has 0 aliphatic heterocycles. The predicted molar refractivity (Wildman–Crippen MR) is 56.9 cm³/mol. The van der Waals surface area contributed by atoms with Crippen LogP contribution in [-0.2, 0) is 10.0 Å². The smallest absolute Gasteiger partial charge is 0.329 e. The van der Waals surface area contributed by atoms with Gasteiger partial charge in [0.05, 0.1) is 12.4 Å². The lowest BCUT2D eigenvalue weighted by atomic mass is 10.7. The fourth-order valence-corrected chi connectivity index (χ4v) is 1.86. The van der Waals surface area contributed by atoms with Gasteiger partial charge in [-0.05, 0) is 11.6 Å². The molecule has 2 aromatic heterocycles. The van der Waals surface area contributed by atoms with E-state index >= 15 is 0 Å². The molecule has 0 bridgehead atoms. The summed E-state index contributed by atoms with van der Waals surface area (Å²) in [6.45, 7) is 1.54. The van der Waals surface area contributed by atoms with Crippen molar-refractivity contribution in [3.8, 4) is 0 Å². The Hall–Kier alpha value is -1.74. The van der Waals surface area contributed by atoms with Crippen LogP contribution in [0.3, 0.4) is 0 Å². The van der Waals surface area contributed by atoms with Crippen molar-refractivity contribution in [2.24, 2.45) is 0 Å². The minimum Gasteiger partial charge on any atom is -0.408 e. The van der Waals surface area contributed by atoms with Gasteiger partial charge in [-0.3, -0.25) is 0 Å². The molecule has 0 unspecified atom stereocenters.